The second kappa shape index (κ2) is 8.97. The van der Waals surface area contributed by atoms with E-state index in [-0.39, 0.29) is 11.5 Å². The SMILES string of the molecule is Cc1ccc(OCCC(=O)N2CCN(Cc3cc(=O)n4ccsc4n3)CC2)c(C)c1. The molecule has 0 bridgehead atoms. The first kappa shape index (κ1) is 20.6. The predicted molar refractivity (Wildman–Crippen MR) is 117 cm³/mol. The molecule has 0 spiro atoms. The van der Waals surface area contributed by atoms with Crippen molar-refractivity contribution in [1.82, 2.24) is 19.2 Å². The van der Waals surface area contributed by atoms with Gasteiger partial charge in [0.05, 0.1) is 18.7 Å². The molecule has 3 heterocycles. The smallest absolute Gasteiger partial charge is 0.258 e. The molecule has 0 radical (unpaired) electrons. The zero-order valence-corrected chi connectivity index (χ0v) is 18.2. The summed E-state index contributed by atoms with van der Waals surface area (Å²) in [6.07, 6.45) is 2.12. The molecule has 3 aromatic rings. The van der Waals surface area contributed by atoms with Crippen molar-refractivity contribution in [3.63, 3.8) is 0 Å². The van der Waals surface area contributed by atoms with Gasteiger partial charge in [-0.25, -0.2) is 4.98 Å². The molecule has 0 atom stereocenters. The largest absolute Gasteiger partial charge is 0.493 e. The normalized spacial score (nSPS) is 14.9. The molecule has 1 amide bonds. The Labute approximate surface area is 179 Å². The highest BCUT2D eigenvalue weighted by Gasteiger charge is 2.21. The molecular weight excluding hydrogens is 400 g/mol. The molecule has 0 N–H and O–H groups in total. The van der Waals surface area contributed by atoms with E-state index < -0.39 is 0 Å². The quantitative estimate of drug-likeness (QED) is 0.606. The zero-order valence-electron chi connectivity index (χ0n) is 17.3. The van der Waals surface area contributed by atoms with Gasteiger partial charge in [-0.05, 0) is 25.5 Å². The molecule has 1 aliphatic heterocycles. The van der Waals surface area contributed by atoms with Crippen molar-refractivity contribution in [2.75, 3.05) is 32.8 Å². The molecule has 8 heteroatoms. The van der Waals surface area contributed by atoms with Crippen molar-refractivity contribution in [3.05, 3.63) is 63.0 Å². The topological polar surface area (TPSA) is 67.2 Å². The Balaban J connectivity index is 1.24. The fraction of sp³-hybridized carbons (Fsp3) is 0.409. The second-order valence-corrected chi connectivity index (χ2v) is 8.54. The van der Waals surface area contributed by atoms with Crippen LogP contribution in [0.15, 0.2) is 40.6 Å². The first-order valence-electron chi connectivity index (χ1n) is 10.2. The van der Waals surface area contributed by atoms with Crippen LogP contribution in [0.5, 0.6) is 5.75 Å². The Kier molecular flexibility index (Phi) is 6.15. The number of thiazole rings is 1. The summed E-state index contributed by atoms with van der Waals surface area (Å²) < 4.78 is 7.36. The minimum Gasteiger partial charge on any atom is -0.493 e. The Morgan fingerprint density at radius 1 is 1.17 bits per heavy atom. The van der Waals surface area contributed by atoms with E-state index in [1.54, 1.807) is 16.7 Å². The summed E-state index contributed by atoms with van der Waals surface area (Å²) in [5.74, 6) is 0.958. The Hall–Kier alpha value is -2.71. The molecule has 158 valence electrons. The zero-order chi connectivity index (χ0) is 21.1. The lowest BCUT2D eigenvalue weighted by Crippen LogP contribution is -2.48. The second-order valence-electron chi connectivity index (χ2n) is 7.67. The first-order valence-corrected chi connectivity index (χ1v) is 11.0. The summed E-state index contributed by atoms with van der Waals surface area (Å²) in [4.78, 5) is 34.1. The van der Waals surface area contributed by atoms with Crippen molar-refractivity contribution >= 4 is 22.2 Å². The summed E-state index contributed by atoms with van der Waals surface area (Å²) >= 11 is 1.46. The van der Waals surface area contributed by atoms with Crippen LogP contribution in [0.25, 0.3) is 4.96 Å². The molecule has 7 nitrogen and oxygen atoms in total. The number of rotatable bonds is 6. The lowest BCUT2D eigenvalue weighted by atomic mass is 10.1. The van der Waals surface area contributed by atoms with Crippen LogP contribution in [0.2, 0.25) is 0 Å². The highest BCUT2D eigenvalue weighted by molar-refractivity contribution is 7.15. The fourth-order valence-electron chi connectivity index (χ4n) is 3.72. The van der Waals surface area contributed by atoms with Crippen molar-refractivity contribution in [2.24, 2.45) is 0 Å². The Morgan fingerprint density at radius 2 is 1.97 bits per heavy atom. The summed E-state index contributed by atoms with van der Waals surface area (Å²) in [5, 5.41) is 1.86. The van der Waals surface area contributed by atoms with E-state index in [0.717, 1.165) is 35.1 Å². The first-order chi connectivity index (χ1) is 14.5. The van der Waals surface area contributed by atoms with Crippen LogP contribution in [-0.2, 0) is 11.3 Å². The highest BCUT2D eigenvalue weighted by atomic mass is 32.1. The van der Waals surface area contributed by atoms with Gasteiger partial charge in [-0.3, -0.25) is 18.9 Å². The van der Waals surface area contributed by atoms with Gasteiger partial charge in [0.1, 0.15) is 5.75 Å². The maximum Gasteiger partial charge on any atom is 0.258 e. The molecule has 1 aromatic carbocycles. The van der Waals surface area contributed by atoms with Gasteiger partial charge in [-0.15, -0.1) is 11.3 Å². The monoisotopic (exact) mass is 426 g/mol. The maximum atomic E-state index is 12.5. The van der Waals surface area contributed by atoms with Gasteiger partial charge in [0, 0.05) is 50.4 Å². The third-order valence-electron chi connectivity index (χ3n) is 5.37. The van der Waals surface area contributed by atoms with Gasteiger partial charge in [0.2, 0.25) is 5.91 Å². The van der Waals surface area contributed by atoms with Gasteiger partial charge in [-0.2, -0.15) is 0 Å². The van der Waals surface area contributed by atoms with Crippen LogP contribution in [0.4, 0.5) is 0 Å². The van der Waals surface area contributed by atoms with Crippen molar-refractivity contribution in [2.45, 2.75) is 26.8 Å². The van der Waals surface area contributed by atoms with Crippen molar-refractivity contribution < 1.29 is 9.53 Å². The van der Waals surface area contributed by atoms with Crippen LogP contribution >= 0.6 is 11.3 Å². The van der Waals surface area contributed by atoms with Crippen molar-refractivity contribution in [3.8, 4) is 5.75 Å². The Bertz CT molecular complexity index is 1100. The predicted octanol–water partition coefficient (Wildman–Crippen LogP) is 2.49. The highest BCUT2D eigenvalue weighted by Crippen LogP contribution is 2.19. The molecule has 30 heavy (non-hydrogen) atoms. The Morgan fingerprint density at radius 3 is 2.73 bits per heavy atom. The number of hydrogen-bond acceptors (Lipinski definition) is 6. The molecule has 0 unspecified atom stereocenters. The maximum absolute atomic E-state index is 12.5. The van der Waals surface area contributed by atoms with Crippen LogP contribution in [0.1, 0.15) is 23.2 Å². The number of aromatic nitrogens is 2. The van der Waals surface area contributed by atoms with E-state index >= 15 is 0 Å². The average Bonchev–Trinajstić information content (AvgIpc) is 3.19. The number of fused-ring (bicyclic) bond motifs is 1. The molecule has 4 rings (SSSR count). The number of nitrogens with zero attached hydrogens (tertiary/aromatic N) is 4. The minimum atomic E-state index is -0.0473. The van der Waals surface area contributed by atoms with Gasteiger partial charge < -0.3 is 9.64 Å². The van der Waals surface area contributed by atoms with E-state index in [0.29, 0.717) is 32.7 Å². The fourth-order valence-corrected chi connectivity index (χ4v) is 4.46. The molecular formula is C22H26N4O3S. The number of aryl methyl sites for hydroxylation is 2. The van der Waals surface area contributed by atoms with E-state index in [1.165, 1.54) is 16.9 Å². The number of carbonyl (C=O) groups is 1. The number of hydrogen-bond donors (Lipinski definition) is 0. The molecule has 0 aliphatic carbocycles. The minimum absolute atomic E-state index is 0.0473. The van der Waals surface area contributed by atoms with E-state index in [4.69, 9.17) is 4.74 Å². The standard InChI is InChI=1S/C22H26N4O3S/c1-16-3-4-19(17(2)13-16)29-11-5-20(27)25-8-6-24(7-9-25)15-18-14-21(28)26-10-12-30-22(26)23-18/h3-4,10,12-14H,5-9,11,15H2,1-2H3. The number of carbonyl (C=O) groups excluding carboxylic acids is 1. The molecule has 0 saturated carbocycles. The summed E-state index contributed by atoms with van der Waals surface area (Å²) in [6, 6.07) is 7.65. The van der Waals surface area contributed by atoms with Crippen LogP contribution in [0, 0.1) is 13.8 Å². The summed E-state index contributed by atoms with van der Waals surface area (Å²) in [7, 11) is 0. The van der Waals surface area contributed by atoms with E-state index in [9.17, 15) is 9.59 Å². The van der Waals surface area contributed by atoms with E-state index in [1.807, 2.05) is 29.3 Å². The van der Waals surface area contributed by atoms with Crippen LogP contribution < -0.4 is 10.3 Å². The summed E-state index contributed by atoms with van der Waals surface area (Å²) in [6.45, 7) is 7.99. The van der Waals surface area contributed by atoms with Crippen molar-refractivity contribution in [1.29, 1.82) is 0 Å². The number of amides is 1. The third kappa shape index (κ3) is 4.71. The van der Waals surface area contributed by atoms with Gasteiger partial charge >= 0.3 is 0 Å². The van der Waals surface area contributed by atoms with Gasteiger partial charge in [0.15, 0.2) is 4.96 Å². The number of benzene rings is 1. The van der Waals surface area contributed by atoms with E-state index in [2.05, 4.69) is 22.9 Å². The lowest BCUT2D eigenvalue weighted by molar-refractivity contribution is -0.133. The molecule has 2 aromatic heterocycles. The molecule has 1 fully saturated rings. The number of piperazine rings is 1. The number of ether oxygens (including phenoxy) is 1. The average molecular weight is 427 g/mol. The molecule has 1 saturated heterocycles. The lowest BCUT2D eigenvalue weighted by Gasteiger charge is -2.34. The molecule has 1 aliphatic rings. The van der Waals surface area contributed by atoms with Crippen LogP contribution in [-0.4, -0.2) is 57.9 Å². The van der Waals surface area contributed by atoms with Gasteiger partial charge in [-0.1, -0.05) is 17.7 Å². The van der Waals surface area contributed by atoms with Gasteiger partial charge in [0.25, 0.3) is 5.56 Å². The third-order valence-corrected chi connectivity index (χ3v) is 6.13. The summed E-state index contributed by atoms with van der Waals surface area (Å²) in [5.41, 5.74) is 3.02. The van der Waals surface area contributed by atoms with Crippen LogP contribution in [0.3, 0.4) is 0 Å².